The summed E-state index contributed by atoms with van der Waals surface area (Å²) in [6, 6.07) is 5.42. The maximum absolute atomic E-state index is 9.79. The van der Waals surface area contributed by atoms with E-state index in [1.54, 1.807) is 6.07 Å². The molecule has 0 saturated carbocycles. The van der Waals surface area contributed by atoms with Gasteiger partial charge >= 0.3 is 7.12 Å². The Balaban J connectivity index is 2.33. The van der Waals surface area contributed by atoms with Crippen LogP contribution in [0.15, 0.2) is 23.7 Å². The minimum absolute atomic E-state index is 0.272. The molecule has 0 amide bonds. The van der Waals surface area contributed by atoms with E-state index in [1.165, 1.54) is 0 Å². The van der Waals surface area contributed by atoms with E-state index < -0.39 is 7.12 Å². The van der Waals surface area contributed by atoms with E-state index >= 15 is 0 Å². The van der Waals surface area contributed by atoms with E-state index in [2.05, 4.69) is 0 Å². The lowest BCUT2D eigenvalue weighted by Crippen LogP contribution is -2.41. The normalized spacial score (nSPS) is 20.9. The van der Waals surface area contributed by atoms with Crippen LogP contribution in [0.4, 0.5) is 0 Å². The number of benzene rings is 1. The van der Waals surface area contributed by atoms with Crippen molar-refractivity contribution in [2.75, 3.05) is 6.54 Å². The van der Waals surface area contributed by atoms with Crippen LogP contribution in [-0.2, 0) is 9.31 Å². The molecule has 1 aliphatic heterocycles. The summed E-state index contributed by atoms with van der Waals surface area (Å²) in [5.41, 5.74) is 7.70. The third-order valence-corrected chi connectivity index (χ3v) is 4.48. The first kappa shape index (κ1) is 16.1. The minimum Gasteiger partial charge on any atom is -0.508 e. The Bertz CT molecular complexity index is 551. The zero-order valence-corrected chi connectivity index (χ0v) is 13.4. The minimum atomic E-state index is -0.457. The molecule has 1 saturated heterocycles. The number of aromatic hydroxyl groups is 1. The van der Waals surface area contributed by atoms with Crippen LogP contribution in [0, 0.1) is 6.92 Å². The molecule has 1 heterocycles. The van der Waals surface area contributed by atoms with Crippen molar-refractivity contribution in [3.63, 3.8) is 0 Å². The molecule has 0 unspecified atom stereocenters. The lowest BCUT2D eigenvalue weighted by molar-refractivity contribution is 0.00578. The standard InChI is InChI=1S/C16H24BNO3/c1-11-12(7-6-8-14(11)19)9-13(10-18)17-20-15(2,3)16(4,5)21-17/h6-9,19H,10,18H2,1-5H3. The van der Waals surface area contributed by atoms with Gasteiger partial charge in [0.2, 0.25) is 0 Å². The molecule has 0 aliphatic carbocycles. The van der Waals surface area contributed by atoms with Gasteiger partial charge in [-0.15, -0.1) is 0 Å². The molecule has 21 heavy (non-hydrogen) atoms. The average Bonchev–Trinajstić information content (AvgIpc) is 2.60. The Morgan fingerprint density at radius 3 is 2.33 bits per heavy atom. The molecule has 1 aromatic rings. The van der Waals surface area contributed by atoms with Crippen LogP contribution in [0.25, 0.3) is 6.08 Å². The van der Waals surface area contributed by atoms with E-state index in [9.17, 15) is 5.11 Å². The second kappa shape index (κ2) is 5.48. The Kier molecular flexibility index (Phi) is 4.20. The molecular weight excluding hydrogens is 265 g/mol. The third-order valence-electron chi connectivity index (χ3n) is 4.48. The molecule has 0 spiro atoms. The van der Waals surface area contributed by atoms with Gasteiger partial charge in [0.1, 0.15) is 5.75 Å². The SMILES string of the molecule is Cc1c(O)cccc1C=C(CN)B1OC(C)(C)C(C)(C)O1. The molecule has 1 aliphatic rings. The van der Waals surface area contributed by atoms with E-state index in [0.29, 0.717) is 6.54 Å². The summed E-state index contributed by atoms with van der Waals surface area (Å²) in [6.45, 7) is 10.3. The molecule has 114 valence electrons. The lowest BCUT2D eigenvalue weighted by Gasteiger charge is -2.32. The van der Waals surface area contributed by atoms with Gasteiger partial charge in [0.25, 0.3) is 0 Å². The summed E-state index contributed by atoms with van der Waals surface area (Å²) in [4.78, 5) is 0. The Morgan fingerprint density at radius 2 is 1.81 bits per heavy atom. The van der Waals surface area contributed by atoms with Crippen LogP contribution >= 0.6 is 0 Å². The summed E-state index contributed by atoms with van der Waals surface area (Å²) >= 11 is 0. The number of hydrogen-bond donors (Lipinski definition) is 2. The molecule has 2 rings (SSSR count). The highest BCUT2D eigenvalue weighted by Gasteiger charge is 2.52. The number of nitrogens with two attached hydrogens (primary N) is 1. The fraction of sp³-hybridized carbons (Fsp3) is 0.500. The fourth-order valence-electron chi connectivity index (χ4n) is 2.21. The average molecular weight is 289 g/mol. The summed E-state index contributed by atoms with van der Waals surface area (Å²) in [5.74, 6) is 0.272. The first-order valence-corrected chi connectivity index (χ1v) is 7.23. The van der Waals surface area contributed by atoms with Crippen molar-refractivity contribution >= 4 is 13.2 Å². The van der Waals surface area contributed by atoms with Crippen LogP contribution in [0.3, 0.4) is 0 Å². The van der Waals surface area contributed by atoms with Crippen molar-refractivity contribution in [1.82, 2.24) is 0 Å². The molecule has 1 fully saturated rings. The lowest BCUT2D eigenvalue weighted by atomic mass is 9.77. The molecule has 0 atom stereocenters. The Hall–Kier alpha value is -1.30. The van der Waals surface area contributed by atoms with Gasteiger partial charge in [-0.1, -0.05) is 18.2 Å². The van der Waals surface area contributed by atoms with Crippen LogP contribution in [-0.4, -0.2) is 30.0 Å². The van der Waals surface area contributed by atoms with Crippen molar-refractivity contribution in [2.45, 2.75) is 45.8 Å². The summed E-state index contributed by atoms with van der Waals surface area (Å²) < 4.78 is 12.1. The van der Waals surface area contributed by atoms with Crippen molar-refractivity contribution in [2.24, 2.45) is 5.73 Å². The van der Waals surface area contributed by atoms with E-state index in [4.69, 9.17) is 15.0 Å². The maximum Gasteiger partial charge on any atom is 0.491 e. The molecule has 4 nitrogen and oxygen atoms in total. The second-order valence-electron chi connectivity index (χ2n) is 6.50. The van der Waals surface area contributed by atoms with Gasteiger partial charge in [-0.05, 0) is 57.3 Å². The summed E-state index contributed by atoms with van der Waals surface area (Å²) in [7, 11) is -0.457. The zero-order chi connectivity index (χ0) is 15.8. The van der Waals surface area contributed by atoms with Gasteiger partial charge in [0.15, 0.2) is 0 Å². The number of rotatable bonds is 3. The Labute approximate surface area is 127 Å². The third kappa shape index (κ3) is 3.00. The van der Waals surface area contributed by atoms with Crippen molar-refractivity contribution in [1.29, 1.82) is 0 Å². The molecule has 3 N–H and O–H groups in total. The van der Waals surface area contributed by atoms with Crippen LogP contribution in [0.5, 0.6) is 5.75 Å². The largest absolute Gasteiger partial charge is 0.508 e. The van der Waals surface area contributed by atoms with Gasteiger partial charge in [0, 0.05) is 6.54 Å². The molecule has 0 radical (unpaired) electrons. The van der Waals surface area contributed by atoms with Crippen LogP contribution in [0.1, 0.15) is 38.8 Å². The van der Waals surface area contributed by atoms with Gasteiger partial charge in [-0.25, -0.2) is 0 Å². The molecule has 0 aromatic heterocycles. The van der Waals surface area contributed by atoms with Crippen LogP contribution in [0.2, 0.25) is 0 Å². The predicted molar refractivity (Wildman–Crippen MR) is 86.0 cm³/mol. The second-order valence-corrected chi connectivity index (χ2v) is 6.50. The smallest absolute Gasteiger partial charge is 0.491 e. The molecule has 5 heteroatoms. The first-order valence-electron chi connectivity index (χ1n) is 7.23. The van der Waals surface area contributed by atoms with Crippen molar-refractivity contribution in [3.05, 3.63) is 34.8 Å². The van der Waals surface area contributed by atoms with Gasteiger partial charge in [-0.3, -0.25) is 0 Å². The van der Waals surface area contributed by atoms with Crippen molar-refractivity contribution in [3.8, 4) is 5.75 Å². The predicted octanol–water partition coefficient (Wildman–Crippen LogP) is 2.67. The maximum atomic E-state index is 9.79. The highest BCUT2D eigenvalue weighted by Crippen LogP contribution is 2.38. The number of phenols is 1. The van der Waals surface area contributed by atoms with E-state index in [0.717, 1.165) is 16.6 Å². The zero-order valence-electron chi connectivity index (χ0n) is 13.4. The quantitative estimate of drug-likeness (QED) is 0.840. The number of phenolic OH excluding ortho intramolecular Hbond substituents is 1. The summed E-state index contributed by atoms with van der Waals surface area (Å²) in [5, 5.41) is 9.79. The first-order chi connectivity index (χ1) is 9.68. The summed E-state index contributed by atoms with van der Waals surface area (Å²) in [6.07, 6.45) is 1.94. The fourth-order valence-corrected chi connectivity index (χ4v) is 2.21. The molecule has 0 bridgehead atoms. The Morgan fingerprint density at radius 1 is 1.24 bits per heavy atom. The van der Waals surface area contributed by atoms with E-state index in [1.807, 2.05) is 52.8 Å². The van der Waals surface area contributed by atoms with E-state index in [-0.39, 0.29) is 17.0 Å². The highest BCUT2D eigenvalue weighted by atomic mass is 16.7. The molecule has 1 aromatic carbocycles. The molecular formula is C16H24BNO3. The monoisotopic (exact) mass is 289 g/mol. The van der Waals surface area contributed by atoms with Gasteiger partial charge in [-0.2, -0.15) is 0 Å². The highest BCUT2D eigenvalue weighted by molar-refractivity contribution is 6.55. The van der Waals surface area contributed by atoms with Gasteiger partial charge in [0.05, 0.1) is 11.2 Å². The van der Waals surface area contributed by atoms with Crippen molar-refractivity contribution < 1.29 is 14.4 Å². The number of hydrogen-bond acceptors (Lipinski definition) is 4. The topological polar surface area (TPSA) is 64.7 Å². The van der Waals surface area contributed by atoms with Crippen LogP contribution < -0.4 is 5.73 Å². The van der Waals surface area contributed by atoms with Gasteiger partial charge < -0.3 is 20.1 Å².